The number of H-pyrrole nitrogens is 1. The lowest BCUT2D eigenvalue weighted by Crippen LogP contribution is -2.53. The first kappa shape index (κ1) is 19.0. The van der Waals surface area contributed by atoms with Gasteiger partial charge >= 0.3 is 0 Å². The van der Waals surface area contributed by atoms with Crippen molar-refractivity contribution < 1.29 is 4.39 Å². The molecule has 7 heteroatoms. The lowest BCUT2D eigenvalue weighted by atomic mass is 9.71. The van der Waals surface area contributed by atoms with Crippen molar-refractivity contribution in [3.05, 3.63) is 65.2 Å². The summed E-state index contributed by atoms with van der Waals surface area (Å²) in [4.78, 5) is 7.94. The summed E-state index contributed by atoms with van der Waals surface area (Å²) in [6, 6.07) is 8.69. The van der Waals surface area contributed by atoms with Gasteiger partial charge < -0.3 is 20.9 Å². The van der Waals surface area contributed by atoms with E-state index >= 15 is 0 Å². The molecule has 0 radical (unpaired) electrons. The van der Waals surface area contributed by atoms with Crippen molar-refractivity contribution in [2.24, 2.45) is 0 Å². The summed E-state index contributed by atoms with van der Waals surface area (Å²) in [5, 5.41) is 10.2. The highest BCUT2D eigenvalue weighted by molar-refractivity contribution is 6.33. The van der Waals surface area contributed by atoms with Crippen LogP contribution in [0.15, 0.2) is 43.1 Å². The molecule has 1 aromatic carbocycles. The van der Waals surface area contributed by atoms with Crippen molar-refractivity contribution in [3.8, 4) is 11.3 Å². The highest BCUT2D eigenvalue weighted by Crippen LogP contribution is 2.47. The molecule has 154 valence electrons. The molecule has 3 aromatic rings. The molecule has 1 spiro atoms. The third-order valence-electron chi connectivity index (χ3n) is 6.14. The maximum atomic E-state index is 14.1. The fraction of sp³-hybridized carbons (Fsp3) is 0.261. The molecule has 3 heterocycles. The summed E-state index contributed by atoms with van der Waals surface area (Å²) in [6.07, 6.45) is 6.16. The van der Waals surface area contributed by atoms with Crippen molar-refractivity contribution in [2.75, 3.05) is 17.7 Å². The number of nitrogens with zero attached hydrogens (tertiary/aromatic N) is 1. The van der Waals surface area contributed by atoms with Gasteiger partial charge in [-0.3, -0.25) is 0 Å². The Morgan fingerprint density at radius 3 is 2.83 bits per heavy atom. The van der Waals surface area contributed by atoms with Gasteiger partial charge in [0.05, 0.1) is 22.1 Å². The number of fused-ring (bicyclic) bond motifs is 1. The monoisotopic (exact) mass is 423 g/mol. The summed E-state index contributed by atoms with van der Waals surface area (Å²) in [7, 11) is 1.84. The number of halogens is 2. The van der Waals surface area contributed by atoms with Gasteiger partial charge in [-0.1, -0.05) is 24.2 Å². The first-order chi connectivity index (χ1) is 14.5. The molecular weight excluding hydrogens is 401 g/mol. The molecule has 1 saturated carbocycles. The van der Waals surface area contributed by atoms with Gasteiger partial charge in [0.1, 0.15) is 11.6 Å². The van der Waals surface area contributed by atoms with E-state index in [1.807, 2.05) is 19.2 Å². The summed E-state index contributed by atoms with van der Waals surface area (Å²) in [5.41, 5.74) is 6.30. The SMILES string of the molecule is C=C1NC2(CCC2)Cc2[nH]c(-c3ccnc(NC)c3)c(Nc3cccc(F)c3Cl)c21. The normalized spacial score (nSPS) is 16.6. The fourth-order valence-electron chi connectivity index (χ4n) is 4.49. The Kier molecular flexibility index (Phi) is 4.47. The van der Waals surface area contributed by atoms with Crippen LogP contribution in [0.1, 0.15) is 30.5 Å². The van der Waals surface area contributed by atoms with E-state index in [2.05, 4.69) is 32.5 Å². The van der Waals surface area contributed by atoms with Crippen LogP contribution in [-0.4, -0.2) is 22.6 Å². The Hall–Kier alpha value is -2.99. The molecule has 0 saturated heterocycles. The molecule has 2 aromatic heterocycles. The average Bonchev–Trinajstić information content (AvgIpc) is 3.09. The number of pyridine rings is 1. The molecular formula is C23H23ClFN5. The van der Waals surface area contributed by atoms with Crippen molar-refractivity contribution in [1.29, 1.82) is 0 Å². The average molecular weight is 424 g/mol. The first-order valence-corrected chi connectivity index (χ1v) is 10.4. The van der Waals surface area contributed by atoms with E-state index in [0.717, 1.165) is 59.0 Å². The van der Waals surface area contributed by atoms with Crippen molar-refractivity contribution in [2.45, 2.75) is 31.2 Å². The molecule has 0 amide bonds. The molecule has 0 unspecified atom stereocenters. The van der Waals surface area contributed by atoms with Gasteiger partial charge in [0, 0.05) is 47.7 Å². The topological polar surface area (TPSA) is 64.8 Å². The molecule has 1 aliphatic heterocycles. The molecule has 1 aliphatic carbocycles. The minimum absolute atomic E-state index is 0.0638. The first-order valence-electron chi connectivity index (χ1n) is 10.1. The van der Waals surface area contributed by atoms with Crippen LogP contribution in [-0.2, 0) is 6.42 Å². The molecule has 1 fully saturated rings. The van der Waals surface area contributed by atoms with Crippen LogP contribution in [0.4, 0.5) is 21.6 Å². The highest BCUT2D eigenvalue weighted by atomic mass is 35.5. The second-order valence-electron chi connectivity index (χ2n) is 8.05. The second kappa shape index (κ2) is 7.06. The Balaban J connectivity index is 1.67. The smallest absolute Gasteiger partial charge is 0.143 e. The molecule has 5 rings (SSSR count). The summed E-state index contributed by atoms with van der Waals surface area (Å²) in [6.45, 7) is 4.31. The number of hydrogen-bond donors (Lipinski definition) is 4. The largest absolute Gasteiger partial charge is 0.379 e. The maximum Gasteiger partial charge on any atom is 0.143 e. The molecule has 5 nitrogen and oxygen atoms in total. The quantitative estimate of drug-likeness (QED) is 0.435. The van der Waals surface area contributed by atoms with Crippen LogP contribution < -0.4 is 16.0 Å². The zero-order valence-electron chi connectivity index (χ0n) is 16.7. The number of benzene rings is 1. The minimum Gasteiger partial charge on any atom is -0.379 e. The Morgan fingerprint density at radius 1 is 1.27 bits per heavy atom. The number of aromatic nitrogens is 2. The lowest BCUT2D eigenvalue weighted by molar-refractivity contribution is 0.205. The van der Waals surface area contributed by atoms with Crippen LogP contribution in [0.3, 0.4) is 0 Å². The van der Waals surface area contributed by atoms with E-state index in [9.17, 15) is 4.39 Å². The Morgan fingerprint density at radius 2 is 2.10 bits per heavy atom. The predicted molar refractivity (Wildman–Crippen MR) is 121 cm³/mol. The Labute approximate surface area is 179 Å². The molecule has 30 heavy (non-hydrogen) atoms. The van der Waals surface area contributed by atoms with Crippen molar-refractivity contribution >= 4 is 34.5 Å². The van der Waals surface area contributed by atoms with Crippen molar-refractivity contribution in [1.82, 2.24) is 15.3 Å². The van der Waals surface area contributed by atoms with E-state index < -0.39 is 5.82 Å². The summed E-state index contributed by atoms with van der Waals surface area (Å²) < 4.78 is 14.1. The van der Waals surface area contributed by atoms with Gasteiger partial charge in [0.2, 0.25) is 0 Å². The minimum atomic E-state index is -0.459. The highest BCUT2D eigenvalue weighted by Gasteiger charge is 2.42. The third kappa shape index (κ3) is 3.03. The van der Waals surface area contributed by atoms with Crippen LogP contribution >= 0.6 is 11.6 Å². The Bertz CT molecular complexity index is 1150. The summed E-state index contributed by atoms with van der Waals surface area (Å²) in [5.74, 6) is 0.307. The molecule has 2 aliphatic rings. The molecule has 4 N–H and O–H groups in total. The van der Waals surface area contributed by atoms with E-state index in [4.69, 9.17) is 11.6 Å². The predicted octanol–water partition coefficient (Wildman–Crippen LogP) is 5.69. The van der Waals surface area contributed by atoms with Crippen LogP contribution in [0, 0.1) is 5.82 Å². The standard InChI is InChI=1S/C23H23ClFN5/c1-13-19-17(12-23(30-13)8-4-9-23)29-21(14-7-10-27-18(11-14)26-2)22(19)28-16-6-3-5-15(25)20(16)24/h3,5-7,10-11,28-30H,1,4,8-9,12H2,2H3,(H,26,27). The van der Waals surface area contributed by atoms with Crippen molar-refractivity contribution in [3.63, 3.8) is 0 Å². The number of anilines is 3. The number of rotatable bonds is 4. The third-order valence-corrected chi connectivity index (χ3v) is 6.52. The van der Waals surface area contributed by atoms with Gasteiger partial charge in [-0.15, -0.1) is 0 Å². The van der Waals surface area contributed by atoms with Gasteiger partial charge in [0.25, 0.3) is 0 Å². The number of aromatic amines is 1. The summed E-state index contributed by atoms with van der Waals surface area (Å²) >= 11 is 6.25. The van der Waals surface area contributed by atoms with Gasteiger partial charge in [-0.25, -0.2) is 9.37 Å². The number of hydrogen-bond acceptors (Lipinski definition) is 4. The molecule has 0 atom stereocenters. The van der Waals surface area contributed by atoms with Gasteiger partial charge in [0.15, 0.2) is 0 Å². The zero-order valence-corrected chi connectivity index (χ0v) is 17.5. The van der Waals surface area contributed by atoms with Crippen LogP contribution in [0.2, 0.25) is 5.02 Å². The van der Waals surface area contributed by atoms with Crippen LogP contribution in [0.25, 0.3) is 17.0 Å². The second-order valence-corrected chi connectivity index (χ2v) is 8.43. The lowest BCUT2D eigenvalue weighted by Gasteiger charge is -2.46. The van der Waals surface area contributed by atoms with E-state index in [0.29, 0.717) is 5.69 Å². The van der Waals surface area contributed by atoms with E-state index in [-0.39, 0.29) is 10.6 Å². The number of nitrogens with one attached hydrogen (secondary N) is 4. The van der Waals surface area contributed by atoms with E-state index in [1.165, 1.54) is 12.5 Å². The van der Waals surface area contributed by atoms with Crippen LogP contribution in [0.5, 0.6) is 0 Å². The maximum absolute atomic E-state index is 14.1. The van der Waals surface area contributed by atoms with E-state index in [1.54, 1.807) is 18.3 Å². The van der Waals surface area contributed by atoms with Gasteiger partial charge in [-0.2, -0.15) is 0 Å². The zero-order chi connectivity index (χ0) is 20.9. The van der Waals surface area contributed by atoms with Gasteiger partial charge in [-0.05, 0) is 43.5 Å². The molecule has 0 bridgehead atoms. The fourth-order valence-corrected chi connectivity index (χ4v) is 4.66.